The summed E-state index contributed by atoms with van der Waals surface area (Å²) < 4.78 is 15.8. The zero-order valence-corrected chi connectivity index (χ0v) is 11.3. The fourth-order valence-electron chi connectivity index (χ4n) is 1.61. The largest absolute Gasteiger partial charge is 0.433 e. The Labute approximate surface area is 99.4 Å². The number of rotatable bonds is 11. The summed E-state index contributed by atoms with van der Waals surface area (Å²) >= 11 is 0. The van der Waals surface area contributed by atoms with Gasteiger partial charge in [-0.3, -0.25) is 0 Å². The first-order valence-electron chi connectivity index (χ1n) is 6.23. The Morgan fingerprint density at radius 1 is 1.12 bits per heavy atom. The second-order valence-corrected chi connectivity index (χ2v) is 6.04. The SMILES string of the molecule is C=COP(=O)(O)CCCCCCCCCC. The topological polar surface area (TPSA) is 46.5 Å². The molecule has 0 radical (unpaired) electrons. The molecule has 1 atom stereocenters. The van der Waals surface area contributed by atoms with Crippen LogP contribution in [0.25, 0.3) is 0 Å². The van der Waals surface area contributed by atoms with Crippen molar-refractivity contribution in [1.29, 1.82) is 0 Å². The van der Waals surface area contributed by atoms with Crippen LogP contribution in [0.1, 0.15) is 58.3 Å². The van der Waals surface area contributed by atoms with Crippen LogP contribution in [0.4, 0.5) is 0 Å². The van der Waals surface area contributed by atoms with Crippen LogP contribution in [0, 0.1) is 0 Å². The lowest BCUT2D eigenvalue weighted by Crippen LogP contribution is -1.91. The molecule has 0 saturated carbocycles. The summed E-state index contributed by atoms with van der Waals surface area (Å²) in [6, 6.07) is 0. The van der Waals surface area contributed by atoms with Crippen molar-refractivity contribution in [1.82, 2.24) is 0 Å². The van der Waals surface area contributed by atoms with E-state index in [0.29, 0.717) is 0 Å². The van der Waals surface area contributed by atoms with Crippen molar-refractivity contribution in [2.75, 3.05) is 6.16 Å². The molecule has 0 aliphatic rings. The minimum Gasteiger partial charge on any atom is -0.433 e. The quantitative estimate of drug-likeness (QED) is 0.333. The molecular formula is C12H25O3P. The Morgan fingerprint density at radius 3 is 2.12 bits per heavy atom. The van der Waals surface area contributed by atoms with Gasteiger partial charge in [-0.05, 0) is 6.42 Å². The van der Waals surface area contributed by atoms with Gasteiger partial charge in [-0.25, -0.2) is 4.57 Å². The highest BCUT2D eigenvalue weighted by molar-refractivity contribution is 7.52. The van der Waals surface area contributed by atoms with Gasteiger partial charge in [0.15, 0.2) is 0 Å². The van der Waals surface area contributed by atoms with Gasteiger partial charge in [0.2, 0.25) is 0 Å². The second-order valence-electron chi connectivity index (χ2n) is 4.11. The zero-order valence-electron chi connectivity index (χ0n) is 10.4. The van der Waals surface area contributed by atoms with E-state index >= 15 is 0 Å². The van der Waals surface area contributed by atoms with Crippen LogP contribution in [0.5, 0.6) is 0 Å². The van der Waals surface area contributed by atoms with Crippen LogP contribution in [0.2, 0.25) is 0 Å². The first kappa shape index (κ1) is 15.7. The molecule has 96 valence electrons. The predicted molar refractivity (Wildman–Crippen MR) is 68.6 cm³/mol. The summed E-state index contributed by atoms with van der Waals surface area (Å²) in [5, 5.41) is 0. The summed E-state index contributed by atoms with van der Waals surface area (Å²) in [5.74, 6) is 0. The summed E-state index contributed by atoms with van der Waals surface area (Å²) in [6.45, 7) is 5.48. The second kappa shape index (κ2) is 9.92. The molecule has 0 bridgehead atoms. The summed E-state index contributed by atoms with van der Waals surface area (Å²) in [5.41, 5.74) is 0. The van der Waals surface area contributed by atoms with E-state index in [-0.39, 0.29) is 6.16 Å². The average molecular weight is 248 g/mol. The number of hydrogen-bond donors (Lipinski definition) is 1. The van der Waals surface area contributed by atoms with Gasteiger partial charge in [0.25, 0.3) is 0 Å². The van der Waals surface area contributed by atoms with Crippen molar-refractivity contribution < 1.29 is 14.0 Å². The lowest BCUT2D eigenvalue weighted by Gasteiger charge is -2.09. The minimum atomic E-state index is -3.38. The normalized spacial score (nSPS) is 14.4. The van der Waals surface area contributed by atoms with E-state index in [1.807, 2.05) is 0 Å². The van der Waals surface area contributed by atoms with Crippen LogP contribution in [-0.4, -0.2) is 11.1 Å². The standard InChI is InChI=1S/C12H25O3P/c1-3-5-6-7-8-9-10-11-12-16(13,14)15-4-2/h4H,2-3,5-12H2,1H3,(H,13,14). The molecule has 0 saturated heterocycles. The molecule has 0 aromatic heterocycles. The Bertz CT molecular complexity index is 216. The third-order valence-electron chi connectivity index (χ3n) is 2.53. The van der Waals surface area contributed by atoms with Crippen LogP contribution in [-0.2, 0) is 9.09 Å². The van der Waals surface area contributed by atoms with E-state index in [9.17, 15) is 9.46 Å². The van der Waals surface area contributed by atoms with E-state index in [4.69, 9.17) is 0 Å². The highest BCUT2D eigenvalue weighted by atomic mass is 31.2. The highest BCUT2D eigenvalue weighted by Gasteiger charge is 2.16. The molecule has 1 unspecified atom stereocenters. The molecule has 0 rings (SSSR count). The van der Waals surface area contributed by atoms with Crippen molar-refractivity contribution in [2.45, 2.75) is 58.3 Å². The molecule has 0 aliphatic heterocycles. The van der Waals surface area contributed by atoms with Crippen LogP contribution in [0.15, 0.2) is 12.8 Å². The van der Waals surface area contributed by atoms with Gasteiger partial charge in [0.05, 0.1) is 12.4 Å². The molecule has 3 nitrogen and oxygen atoms in total. The van der Waals surface area contributed by atoms with Gasteiger partial charge in [-0.15, -0.1) is 0 Å². The van der Waals surface area contributed by atoms with Crippen LogP contribution in [0.3, 0.4) is 0 Å². The predicted octanol–water partition coefficient (Wildman–Crippen LogP) is 4.47. The van der Waals surface area contributed by atoms with Gasteiger partial charge in [0, 0.05) is 0 Å². The third kappa shape index (κ3) is 10.3. The summed E-state index contributed by atoms with van der Waals surface area (Å²) in [7, 11) is -3.38. The lowest BCUT2D eigenvalue weighted by molar-refractivity contribution is 0.346. The van der Waals surface area contributed by atoms with E-state index < -0.39 is 7.60 Å². The Hall–Kier alpha value is -0.270. The fraction of sp³-hybridized carbons (Fsp3) is 0.833. The average Bonchev–Trinajstić information content (AvgIpc) is 2.22. The first-order valence-corrected chi connectivity index (χ1v) is 8.00. The van der Waals surface area contributed by atoms with Gasteiger partial charge >= 0.3 is 7.60 Å². The number of unbranched alkanes of at least 4 members (excludes halogenated alkanes) is 7. The molecule has 0 spiro atoms. The van der Waals surface area contributed by atoms with Crippen molar-refractivity contribution in [3.8, 4) is 0 Å². The highest BCUT2D eigenvalue weighted by Crippen LogP contribution is 2.42. The van der Waals surface area contributed by atoms with Crippen molar-refractivity contribution in [3.05, 3.63) is 12.8 Å². The maximum absolute atomic E-state index is 11.3. The van der Waals surface area contributed by atoms with Crippen molar-refractivity contribution >= 4 is 7.60 Å². The molecule has 0 aliphatic carbocycles. The fourth-order valence-corrected chi connectivity index (χ4v) is 2.58. The molecular weight excluding hydrogens is 223 g/mol. The van der Waals surface area contributed by atoms with E-state index in [1.54, 1.807) is 0 Å². The molecule has 16 heavy (non-hydrogen) atoms. The van der Waals surface area contributed by atoms with Gasteiger partial charge in [-0.2, -0.15) is 0 Å². The van der Waals surface area contributed by atoms with Gasteiger partial charge in [0.1, 0.15) is 0 Å². The molecule has 4 heteroatoms. The summed E-state index contributed by atoms with van der Waals surface area (Å²) in [4.78, 5) is 9.25. The lowest BCUT2D eigenvalue weighted by atomic mass is 10.1. The van der Waals surface area contributed by atoms with Crippen molar-refractivity contribution in [2.24, 2.45) is 0 Å². The number of hydrogen-bond acceptors (Lipinski definition) is 2. The van der Waals surface area contributed by atoms with Crippen LogP contribution < -0.4 is 0 Å². The third-order valence-corrected chi connectivity index (χ3v) is 3.89. The molecule has 0 aromatic rings. The van der Waals surface area contributed by atoms with Crippen LogP contribution >= 0.6 is 7.60 Å². The van der Waals surface area contributed by atoms with E-state index in [0.717, 1.165) is 25.5 Å². The van der Waals surface area contributed by atoms with E-state index in [2.05, 4.69) is 18.0 Å². The Balaban J connectivity index is 3.26. The Morgan fingerprint density at radius 2 is 1.62 bits per heavy atom. The smallest absolute Gasteiger partial charge is 0.376 e. The Kier molecular flexibility index (Phi) is 9.75. The molecule has 0 amide bonds. The minimum absolute atomic E-state index is 0.244. The monoisotopic (exact) mass is 248 g/mol. The molecule has 1 N–H and O–H groups in total. The molecule has 0 aromatic carbocycles. The van der Waals surface area contributed by atoms with Gasteiger partial charge < -0.3 is 9.42 Å². The zero-order chi connectivity index (χ0) is 12.3. The van der Waals surface area contributed by atoms with E-state index in [1.165, 1.54) is 32.1 Å². The van der Waals surface area contributed by atoms with Gasteiger partial charge in [-0.1, -0.05) is 58.4 Å². The van der Waals surface area contributed by atoms with Crippen molar-refractivity contribution in [3.63, 3.8) is 0 Å². The maximum Gasteiger partial charge on any atom is 0.376 e. The molecule has 0 fully saturated rings. The molecule has 0 heterocycles. The first-order chi connectivity index (χ1) is 7.62. The summed E-state index contributed by atoms with van der Waals surface area (Å²) in [6.07, 6.45) is 10.6. The maximum atomic E-state index is 11.3.